The number of pyridine rings is 1. The van der Waals surface area contributed by atoms with Crippen molar-refractivity contribution >= 4 is 39.5 Å². The van der Waals surface area contributed by atoms with Gasteiger partial charge in [-0.2, -0.15) is 0 Å². The van der Waals surface area contributed by atoms with Crippen molar-refractivity contribution in [3.8, 4) is 67.5 Å². The van der Waals surface area contributed by atoms with Gasteiger partial charge < -0.3 is 9.13 Å². The van der Waals surface area contributed by atoms with Gasteiger partial charge in [-0.25, -0.2) is 9.97 Å². The number of aromatic nitrogens is 4. The van der Waals surface area contributed by atoms with Crippen LogP contribution in [-0.4, -0.2) is 19.1 Å². The van der Waals surface area contributed by atoms with Crippen LogP contribution < -0.4 is 10.4 Å². The number of para-hydroxylation sites is 2. The molecule has 13 rings (SSSR count). The summed E-state index contributed by atoms with van der Waals surface area (Å²) in [5.41, 5.74) is 19.6. The lowest BCUT2D eigenvalue weighted by molar-refractivity contribution is 0.689. The van der Waals surface area contributed by atoms with Crippen LogP contribution in [0.2, 0.25) is 0 Å². The first kappa shape index (κ1) is 37.2. The number of fused-ring (bicyclic) bond motifs is 8. The number of hydrogen-bond acceptors (Lipinski definition) is 2. The van der Waals surface area contributed by atoms with Crippen molar-refractivity contribution in [2.24, 2.45) is 0 Å². The summed E-state index contributed by atoms with van der Waals surface area (Å²) in [5, 5.41) is 5.06. The van der Waals surface area contributed by atoms with E-state index in [-0.39, 0.29) is 5.41 Å². The van der Waals surface area contributed by atoms with E-state index in [4.69, 9.17) is 9.97 Å². The first-order chi connectivity index (χ1) is 32.0. The van der Waals surface area contributed by atoms with Gasteiger partial charge in [0.1, 0.15) is 0 Å². The van der Waals surface area contributed by atoms with Gasteiger partial charge in [0.15, 0.2) is 5.82 Å². The van der Waals surface area contributed by atoms with Crippen molar-refractivity contribution in [1.82, 2.24) is 19.1 Å². The van der Waals surface area contributed by atoms with E-state index in [0.717, 1.165) is 50.5 Å². The minimum absolute atomic E-state index is 0.244. The molecule has 3 aliphatic carbocycles. The molecule has 7 aromatic carbocycles. The first-order valence-corrected chi connectivity index (χ1v) is 22.4. The van der Waals surface area contributed by atoms with Crippen LogP contribution in [0.5, 0.6) is 0 Å². The van der Waals surface area contributed by atoms with Gasteiger partial charge in [-0.15, -0.1) is 0 Å². The van der Waals surface area contributed by atoms with Crippen LogP contribution in [0.3, 0.4) is 0 Å². The summed E-state index contributed by atoms with van der Waals surface area (Å²) in [5.74, 6) is 0.691. The van der Waals surface area contributed by atoms with E-state index in [0.29, 0.717) is 5.82 Å². The summed E-state index contributed by atoms with van der Waals surface area (Å²) in [6.45, 7) is 4.84. The maximum Gasteiger partial charge on any atom is 0.160 e. The SMILES string of the molecule is CC1(C)C2=c3ccccc3=CC2=Cc2c(-c3ccc4c(c3)c3ccccc3n4-c3cccc(-c4nc(-c5ccccc5)cc(-c5ccccc5)n4)c3)c3ccn(-c4ccccc4)cc-3c21. The fourth-order valence-electron chi connectivity index (χ4n) is 10.8. The van der Waals surface area contributed by atoms with Crippen molar-refractivity contribution in [2.75, 3.05) is 0 Å². The Kier molecular flexibility index (Phi) is 8.22. The zero-order valence-electron chi connectivity index (χ0n) is 36.1. The third kappa shape index (κ3) is 5.84. The number of rotatable bonds is 6. The second kappa shape index (κ2) is 14.3. The van der Waals surface area contributed by atoms with E-state index < -0.39 is 0 Å². The predicted octanol–water partition coefficient (Wildman–Crippen LogP) is 13.5. The standard InChI is InChI=1S/C61H42N4/c1-61(2)58-44(33-41-21-12-13-26-47(41)58)36-51-57(49-31-32-64(38-52(49)59(51)61)45-23-10-5-11-24-45)42-29-30-56-50(35-42)48-27-14-15-28-55(48)65(56)46-25-16-22-43(34-46)60-62-53(39-17-6-3-7-18-39)37-54(63-60)40-19-8-4-9-20-40/h3-38H,1-2H3. The molecule has 0 radical (unpaired) electrons. The molecule has 0 fully saturated rings. The van der Waals surface area contributed by atoms with Crippen LogP contribution in [-0.2, 0) is 5.41 Å². The number of allylic oxidation sites excluding steroid dienone is 1. The summed E-state index contributed by atoms with van der Waals surface area (Å²) in [6.07, 6.45) is 9.44. The molecule has 2 aromatic heterocycles. The predicted molar refractivity (Wildman–Crippen MR) is 269 cm³/mol. The molecule has 0 spiro atoms. The van der Waals surface area contributed by atoms with Gasteiger partial charge in [0.2, 0.25) is 0 Å². The van der Waals surface area contributed by atoms with Gasteiger partial charge in [-0.1, -0.05) is 153 Å². The minimum Gasteiger partial charge on any atom is -0.323 e. The number of benzene rings is 7. The number of nitrogens with zero attached hydrogens (tertiary/aromatic N) is 4. The molecule has 1 aliphatic heterocycles. The average Bonchev–Trinajstić information content (AvgIpc) is 4.02. The van der Waals surface area contributed by atoms with Crippen LogP contribution in [0, 0.1) is 0 Å². The molecule has 0 atom stereocenters. The summed E-state index contributed by atoms with van der Waals surface area (Å²) in [4.78, 5) is 10.4. The zero-order chi connectivity index (χ0) is 43.2. The Morgan fingerprint density at radius 3 is 1.89 bits per heavy atom. The third-order valence-electron chi connectivity index (χ3n) is 13.7. The number of hydrogen-bond donors (Lipinski definition) is 0. The Balaban J connectivity index is 1.00. The van der Waals surface area contributed by atoms with Crippen LogP contribution in [0.25, 0.3) is 107 Å². The zero-order valence-corrected chi connectivity index (χ0v) is 36.1. The lowest BCUT2D eigenvalue weighted by atomic mass is 9.69. The van der Waals surface area contributed by atoms with Crippen molar-refractivity contribution in [3.63, 3.8) is 0 Å². The molecule has 0 amide bonds. The Labute approximate surface area is 377 Å². The van der Waals surface area contributed by atoms with Gasteiger partial charge in [-0.3, -0.25) is 0 Å². The Morgan fingerprint density at radius 2 is 1.12 bits per heavy atom. The molecule has 306 valence electrons. The Morgan fingerprint density at radius 1 is 0.477 bits per heavy atom. The highest BCUT2D eigenvalue weighted by Crippen LogP contribution is 2.55. The molecule has 4 heteroatoms. The Hall–Kier alpha value is -8.34. The first-order valence-electron chi connectivity index (χ1n) is 22.4. The van der Waals surface area contributed by atoms with Gasteiger partial charge >= 0.3 is 0 Å². The van der Waals surface area contributed by atoms with E-state index in [1.54, 1.807) is 0 Å². The van der Waals surface area contributed by atoms with Crippen molar-refractivity contribution in [2.45, 2.75) is 19.3 Å². The van der Waals surface area contributed by atoms with E-state index >= 15 is 0 Å². The van der Waals surface area contributed by atoms with Crippen LogP contribution in [0.4, 0.5) is 0 Å². The second-order valence-electron chi connectivity index (χ2n) is 17.8. The van der Waals surface area contributed by atoms with Crippen molar-refractivity contribution in [3.05, 3.63) is 234 Å². The van der Waals surface area contributed by atoms with Crippen LogP contribution in [0.1, 0.15) is 25.0 Å². The molecule has 0 saturated heterocycles. The molecule has 3 heterocycles. The molecule has 4 aliphatic rings. The summed E-state index contributed by atoms with van der Waals surface area (Å²) >= 11 is 0. The highest BCUT2D eigenvalue weighted by atomic mass is 15.0. The van der Waals surface area contributed by atoms with Gasteiger partial charge in [0.05, 0.1) is 22.4 Å². The van der Waals surface area contributed by atoms with E-state index in [2.05, 4.69) is 230 Å². The maximum absolute atomic E-state index is 5.18. The maximum atomic E-state index is 5.18. The highest BCUT2D eigenvalue weighted by Gasteiger charge is 2.41. The topological polar surface area (TPSA) is 35.6 Å². The van der Waals surface area contributed by atoms with Gasteiger partial charge in [0.25, 0.3) is 0 Å². The fraction of sp³-hybridized carbons (Fsp3) is 0.0492. The lowest BCUT2D eigenvalue weighted by Gasteiger charge is -2.34. The largest absolute Gasteiger partial charge is 0.323 e. The molecular weight excluding hydrogens is 789 g/mol. The van der Waals surface area contributed by atoms with Crippen molar-refractivity contribution in [1.29, 1.82) is 0 Å². The Bertz CT molecular complexity index is 3770. The second-order valence-corrected chi connectivity index (χ2v) is 17.8. The van der Waals surface area contributed by atoms with Crippen molar-refractivity contribution < 1.29 is 0 Å². The molecular formula is C61H42N4. The normalized spacial score (nSPS) is 13.7. The smallest absolute Gasteiger partial charge is 0.160 e. The monoisotopic (exact) mass is 830 g/mol. The molecule has 65 heavy (non-hydrogen) atoms. The fourth-order valence-corrected chi connectivity index (χ4v) is 10.8. The summed E-state index contributed by atoms with van der Waals surface area (Å²) in [7, 11) is 0. The van der Waals surface area contributed by atoms with E-state index in [9.17, 15) is 0 Å². The molecule has 0 saturated carbocycles. The summed E-state index contributed by atoms with van der Waals surface area (Å²) in [6, 6.07) is 69.3. The molecule has 0 N–H and O–H groups in total. The van der Waals surface area contributed by atoms with E-state index in [1.165, 1.54) is 65.7 Å². The minimum atomic E-state index is -0.244. The van der Waals surface area contributed by atoms with Crippen LogP contribution in [0.15, 0.2) is 212 Å². The lowest BCUT2D eigenvalue weighted by Crippen LogP contribution is -2.31. The van der Waals surface area contributed by atoms with Crippen LogP contribution >= 0.6 is 0 Å². The average molecular weight is 831 g/mol. The summed E-state index contributed by atoms with van der Waals surface area (Å²) < 4.78 is 4.67. The van der Waals surface area contributed by atoms with Gasteiger partial charge in [-0.05, 0) is 116 Å². The quantitative estimate of drug-likeness (QED) is 0.167. The third-order valence-corrected chi connectivity index (χ3v) is 13.7. The highest BCUT2D eigenvalue weighted by molar-refractivity contribution is 6.13. The molecule has 0 unspecified atom stereocenters. The van der Waals surface area contributed by atoms with Gasteiger partial charge in [0, 0.05) is 62.2 Å². The molecule has 9 aromatic rings. The molecule has 0 bridgehead atoms. The van der Waals surface area contributed by atoms with E-state index in [1.807, 2.05) is 12.1 Å². The molecule has 4 nitrogen and oxygen atoms in total.